The molecule has 3 aliphatic heterocycles. The van der Waals surface area contributed by atoms with Crippen molar-refractivity contribution in [3.63, 3.8) is 0 Å². The Kier molecular flexibility index (Phi) is 6.23. The fourth-order valence-corrected chi connectivity index (χ4v) is 2.86. The number of ether oxygens (including phenoxy) is 2. The standard InChI is InChI=1S/C11H15ClN2O5.C6H4O/c1-5(4-19-3)8(11(17)18)14-9(12)7(10(14)16)13-6(2)15;1-2-5-4-6(3-1)7-5/h7,9H,4H2,1-3H3,(H,13,15)(H,17,18);1-4H. The lowest BCUT2D eigenvalue weighted by Gasteiger charge is -2.43. The number of alkyl halides is 1. The third-order valence-electron chi connectivity index (χ3n) is 3.63. The van der Waals surface area contributed by atoms with Crippen molar-refractivity contribution in [1.29, 1.82) is 0 Å². The van der Waals surface area contributed by atoms with Crippen LogP contribution in [-0.2, 0) is 19.1 Å². The zero-order valence-electron chi connectivity index (χ0n) is 14.5. The van der Waals surface area contributed by atoms with Gasteiger partial charge in [-0.3, -0.25) is 14.5 Å². The molecule has 2 bridgehead atoms. The second kappa shape index (κ2) is 8.20. The number of amides is 2. The summed E-state index contributed by atoms with van der Waals surface area (Å²) in [5, 5.41) is 11.5. The van der Waals surface area contributed by atoms with Gasteiger partial charge in [0.1, 0.15) is 28.7 Å². The zero-order chi connectivity index (χ0) is 19.4. The van der Waals surface area contributed by atoms with Gasteiger partial charge < -0.3 is 19.9 Å². The molecule has 2 atom stereocenters. The number of hydrogen-bond donors (Lipinski definition) is 2. The van der Waals surface area contributed by atoms with Crippen molar-refractivity contribution in [3.05, 3.63) is 35.5 Å². The van der Waals surface area contributed by atoms with E-state index in [2.05, 4.69) is 5.32 Å². The Hall–Kier alpha value is -2.58. The highest BCUT2D eigenvalue weighted by molar-refractivity contribution is 6.27. The molecule has 3 aliphatic rings. The normalized spacial score (nSPS) is 20.5. The molecule has 0 saturated carbocycles. The van der Waals surface area contributed by atoms with Crippen LogP contribution >= 0.6 is 11.6 Å². The van der Waals surface area contributed by atoms with E-state index in [0.717, 1.165) is 16.4 Å². The monoisotopic (exact) mass is 382 g/mol. The Morgan fingerprint density at radius 3 is 2.23 bits per heavy atom. The van der Waals surface area contributed by atoms with Crippen molar-refractivity contribution in [2.75, 3.05) is 13.7 Å². The van der Waals surface area contributed by atoms with Crippen LogP contribution in [0.4, 0.5) is 0 Å². The van der Waals surface area contributed by atoms with Crippen molar-refractivity contribution in [2.45, 2.75) is 25.4 Å². The van der Waals surface area contributed by atoms with Gasteiger partial charge >= 0.3 is 5.97 Å². The van der Waals surface area contributed by atoms with Gasteiger partial charge in [-0.2, -0.15) is 0 Å². The number of nitrogens with one attached hydrogen (secondary N) is 1. The number of halogens is 1. The van der Waals surface area contributed by atoms with Crippen LogP contribution in [0.1, 0.15) is 13.8 Å². The summed E-state index contributed by atoms with van der Waals surface area (Å²) in [6, 6.07) is 6.96. The summed E-state index contributed by atoms with van der Waals surface area (Å²) in [5.74, 6) is -0.258. The molecule has 1 aromatic rings. The number of carbonyl (C=O) groups is 3. The summed E-state index contributed by atoms with van der Waals surface area (Å²) in [5.41, 5.74) is -0.766. The molecule has 1 aromatic carbocycles. The first-order valence-electron chi connectivity index (χ1n) is 7.70. The van der Waals surface area contributed by atoms with E-state index in [1.807, 2.05) is 24.3 Å². The van der Waals surface area contributed by atoms with Crippen molar-refractivity contribution in [2.24, 2.45) is 0 Å². The van der Waals surface area contributed by atoms with Crippen LogP contribution in [0, 0.1) is 0 Å². The molecule has 0 spiro atoms. The van der Waals surface area contributed by atoms with Crippen molar-refractivity contribution in [1.82, 2.24) is 10.2 Å². The maximum Gasteiger partial charge on any atom is 0.352 e. The Bertz CT molecular complexity index is 739. The van der Waals surface area contributed by atoms with Gasteiger partial charge in [0.2, 0.25) is 5.91 Å². The number of rotatable bonds is 5. The van der Waals surface area contributed by atoms with Crippen LogP contribution < -0.4 is 10.1 Å². The van der Waals surface area contributed by atoms with Crippen LogP contribution in [0.3, 0.4) is 0 Å². The van der Waals surface area contributed by atoms with E-state index in [1.165, 1.54) is 21.0 Å². The topological polar surface area (TPSA) is 105 Å². The molecule has 0 aliphatic carbocycles. The number of β-lactam (4-membered cyclic amide) rings is 1. The number of methoxy groups -OCH3 is 1. The first-order valence-corrected chi connectivity index (χ1v) is 8.14. The first-order chi connectivity index (χ1) is 12.3. The maximum atomic E-state index is 11.9. The number of nitrogens with zero attached hydrogens (tertiary/aromatic N) is 1. The first kappa shape index (κ1) is 19.7. The molecule has 0 radical (unpaired) electrons. The number of benzene rings is 1. The molecule has 2 unspecified atom stereocenters. The van der Waals surface area contributed by atoms with Crippen LogP contribution in [0.2, 0.25) is 0 Å². The largest absolute Gasteiger partial charge is 0.477 e. The van der Waals surface area contributed by atoms with Gasteiger partial charge in [-0.1, -0.05) is 17.7 Å². The third kappa shape index (κ3) is 4.14. The second-order valence-corrected chi connectivity index (χ2v) is 6.15. The average molecular weight is 383 g/mol. The van der Waals surface area contributed by atoms with Gasteiger partial charge in [-0.05, 0) is 24.6 Å². The zero-order valence-corrected chi connectivity index (χ0v) is 15.2. The maximum absolute atomic E-state index is 11.9. The predicted octanol–water partition coefficient (Wildman–Crippen LogP) is 1.70. The van der Waals surface area contributed by atoms with Crippen LogP contribution in [0.25, 0.3) is 0 Å². The Morgan fingerprint density at radius 1 is 1.35 bits per heavy atom. The fourth-order valence-electron chi connectivity index (χ4n) is 2.49. The molecule has 2 N–H and O–H groups in total. The molecule has 26 heavy (non-hydrogen) atoms. The summed E-state index contributed by atoms with van der Waals surface area (Å²) in [6.45, 7) is 2.86. The molecule has 9 heteroatoms. The highest BCUT2D eigenvalue weighted by Crippen LogP contribution is 2.33. The quantitative estimate of drug-likeness (QED) is 0.353. The molecule has 140 valence electrons. The summed E-state index contributed by atoms with van der Waals surface area (Å²) in [7, 11) is 1.42. The second-order valence-electron chi connectivity index (χ2n) is 5.70. The average Bonchev–Trinajstić information content (AvgIpc) is 2.57. The summed E-state index contributed by atoms with van der Waals surface area (Å²) < 4.78 is 9.85. The van der Waals surface area contributed by atoms with Crippen LogP contribution in [0.5, 0.6) is 11.5 Å². The summed E-state index contributed by atoms with van der Waals surface area (Å²) in [6.07, 6.45) is 0. The SMILES string of the molecule is COCC(C)=C(C(=O)O)N1C(=O)C(NC(C)=O)C1Cl.c1cc2cc(c1)O2. The number of fused-ring (bicyclic) bond motifs is 2. The number of carboxylic acids is 1. The molecule has 2 amide bonds. The van der Waals surface area contributed by atoms with E-state index in [4.69, 9.17) is 26.2 Å². The molecular weight excluding hydrogens is 364 g/mol. The van der Waals surface area contributed by atoms with Crippen LogP contribution in [0.15, 0.2) is 35.5 Å². The Labute approximate surface area is 155 Å². The lowest BCUT2D eigenvalue weighted by molar-refractivity contribution is -0.150. The van der Waals surface area contributed by atoms with E-state index >= 15 is 0 Å². The Balaban J connectivity index is 0.000000282. The van der Waals surface area contributed by atoms with Gasteiger partial charge in [0, 0.05) is 20.1 Å². The van der Waals surface area contributed by atoms with Gasteiger partial charge in [0.05, 0.1) is 6.61 Å². The van der Waals surface area contributed by atoms with Gasteiger partial charge in [-0.25, -0.2) is 4.79 Å². The minimum absolute atomic E-state index is 0.0693. The van der Waals surface area contributed by atoms with E-state index in [0.29, 0.717) is 5.57 Å². The Morgan fingerprint density at radius 2 is 1.92 bits per heavy atom. The van der Waals surface area contributed by atoms with Crippen molar-refractivity contribution in [3.8, 4) is 11.5 Å². The van der Waals surface area contributed by atoms with E-state index in [1.54, 1.807) is 0 Å². The molecule has 1 saturated heterocycles. The fraction of sp³-hybridized carbons (Fsp3) is 0.353. The number of hydrogen-bond acceptors (Lipinski definition) is 5. The minimum atomic E-state index is -1.27. The lowest BCUT2D eigenvalue weighted by Crippen LogP contribution is -2.68. The van der Waals surface area contributed by atoms with Gasteiger partial charge in [0.25, 0.3) is 5.91 Å². The number of carboxylic acid groups (broad SMARTS) is 1. The van der Waals surface area contributed by atoms with E-state index in [-0.39, 0.29) is 12.3 Å². The summed E-state index contributed by atoms with van der Waals surface area (Å²) in [4.78, 5) is 34.9. The lowest BCUT2D eigenvalue weighted by atomic mass is 10.0. The number of carbonyl (C=O) groups excluding carboxylic acids is 2. The molecular formula is C17H19ClN2O6. The minimum Gasteiger partial charge on any atom is -0.477 e. The molecule has 1 fully saturated rings. The molecule has 8 nitrogen and oxygen atoms in total. The number of aliphatic carboxylic acids is 1. The molecule has 4 rings (SSSR count). The summed E-state index contributed by atoms with van der Waals surface area (Å²) >= 11 is 5.96. The van der Waals surface area contributed by atoms with E-state index in [9.17, 15) is 14.4 Å². The van der Waals surface area contributed by atoms with E-state index < -0.39 is 29.3 Å². The third-order valence-corrected chi connectivity index (χ3v) is 4.08. The molecule has 3 heterocycles. The highest BCUT2D eigenvalue weighted by atomic mass is 35.5. The van der Waals surface area contributed by atoms with Crippen LogP contribution in [-0.4, -0.2) is 53.0 Å². The van der Waals surface area contributed by atoms with Gasteiger partial charge in [0.15, 0.2) is 0 Å². The number of likely N-dealkylation sites (tertiary alicyclic amines) is 1. The van der Waals surface area contributed by atoms with Crippen molar-refractivity contribution < 1.29 is 29.0 Å². The predicted molar refractivity (Wildman–Crippen MR) is 92.8 cm³/mol. The molecule has 0 aromatic heterocycles. The van der Waals surface area contributed by atoms with Crippen molar-refractivity contribution >= 4 is 29.4 Å². The highest BCUT2D eigenvalue weighted by Gasteiger charge is 2.50. The smallest absolute Gasteiger partial charge is 0.352 e. The van der Waals surface area contributed by atoms with Gasteiger partial charge in [-0.15, -0.1) is 0 Å².